The number of carbonyl (C=O) groups is 1. The molecular weight excluding hydrogens is 270 g/mol. The third-order valence-electron chi connectivity index (χ3n) is 3.14. The van der Waals surface area contributed by atoms with Gasteiger partial charge in [0.15, 0.2) is 17.2 Å². The second kappa shape index (κ2) is 5.20. The zero-order chi connectivity index (χ0) is 14.8. The van der Waals surface area contributed by atoms with Crippen molar-refractivity contribution in [2.24, 2.45) is 0 Å². The molecule has 0 saturated carbocycles. The van der Waals surface area contributed by atoms with Crippen LogP contribution in [-0.4, -0.2) is 32.4 Å². The lowest BCUT2D eigenvalue weighted by Crippen LogP contribution is -2.10. The number of aromatic nitrogens is 4. The van der Waals surface area contributed by atoms with Crippen LogP contribution in [0.4, 0.5) is 5.82 Å². The maximum atomic E-state index is 12.3. The fourth-order valence-electron chi connectivity index (χ4n) is 2.06. The lowest BCUT2D eigenvalue weighted by molar-refractivity contribution is 0.0973. The summed E-state index contributed by atoms with van der Waals surface area (Å²) < 4.78 is 6.77. The molecule has 0 amide bonds. The van der Waals surface area contributed by atoms with Crippen molar-refractivity contribution in [1.29, 1.82) is 0 Å². The molecule has 7 nitrogen and oxygen atoms in total. The maximum absolute atomic E-state index is 12.3. The molecule has 106 valence electrons. The molecule has 0 aliphatic carbocycles. The molecule has 0 aliphatic heterocycles. The fourth-order valence-corrected chi connectivity index (χ4v) is 2.06. The Morgan fingerprint density at radius 1 is 1.33 bits per heavy atom. The molecule has 0 unspecified atom stereocenters. The van der Waals surface area contributed by atoms with E-state index >= 15 is 0 Å². The number of fused-ring (bicyclic) bond motifs is 1. The molecule has 2 N–H and O–H groups in total. The number of anilines is 1. The highest BCUT2D eigenvalue weighted by Crippen LogP contribution is 2.17. The van der Waals surface area contributed by atoms with Crippen molar-refractivity contribution in [3.63, 3.8) is 0 Å². The number of benzene rings is 1. The number of rotatable bonds is 4. The molecular formula is C14H13N5O2. The van der Waals surface area contributed by atoms with Crippen molar-refractivity contribution in [1.82, 2.24) is 19.5 Å². The van der Waals surface area contributed by atoms with E-state index in [2.05, 4.69) is 15.0 Å². The molecule has 2 heterocycles. The number of hydrogen-bond acceptors (Lipinski definition) is 6. The Kier molecular flexibility index (Phi) is 3.23. The van der Waals surface area contributed by atoms with Crippen LogP contribution >= 0.6 is 0 Å². The molecule has 3 aromatic rings. The first-order valence-electron chi connectivity index (χ1n) is 6.27. The van der Waals surface area contributed by atoms with Crippen LogP contribution in [-0.2, 0) is 6.54 Å². The Balaban J connectivity index is 1.91. The van der Waals surface area contributed by atoms with Gasteiger partial charge in [0, 0.05) is 5.56 Å². The Bertz CT molecular complexity index is 812. The van der Waals surface area contributed by atoms with Crippen molar-refractivity contribution in [2.45, 2.75) is 6.54 Å². The zero-order valence-corrected chi connectivity index (χ0v) is 11.4. The summed E-state index contributed by atoms with van der Waals surface area (Å²) in [5, 5.41) is 0. The number of imidazole rings is 1. The summed E-state index contributed by atoms with van der Waals surface area (Å²) in [6.07, 6.45) is 2.89. The van der Waals surface area contributed by atoms with Gasteiger partial charge in [-0.25, -0.2) is 15.0 Å². The monoisotopic (exact) mass is 283 g/mol. The first-order valence-corrected chi connectivity index (χ1v) is 6.27. The first-order chi connectivity index (χ1) is 10.2. The van der Waals surface area contributed by atoms with Gasteiger partial charge in [0.2, 0.25) is 0 Å². The van der Waals surface area contributed by atoms with Crippen LogP contribution in [0.2, 0.25) is 0 Å². The Hall–Kier alpha value is -2.96. The average Bonchev–Trinajstić information content (AvgIpc) is 2.92. The molecule has 2 aromatic heterocycles. The van der Waals surface area contributed by atoms with Gasteiger partial charge in [-0.2, -0.15) is 0 Å². The lowest BCUT2D eigenvalue weighted by Gasteiger charge is -2.05. The zero-order valence-electron chi connectivity index (χ0n) is 11.4. The minimum absolute atomic E-state index is 0.0645. The second-order valence-corrected chi connectivity index (χ2v) is 4.46. The van der Waals surface area contributed by atoms with E-state index in [4.69, 9.17) is 10.5 Å². The van der Waals surface area contributed by atoms with Crippen molar-refractivity contribution >= 4 is 22.8 Å². The van der Waals surface area contributed by atoms with Crippen molar-refractivity contribution in [2.75, 3.05) is 12.8 Å². The van der Waals surface area contributed by atoms with Gasteiger partial charge < -0.3 is 15.0 Å². The SMILES string of the molecule is COc1cccc(C(=O)Cn2cnc3c(N)ncnc32)c1. The van der Waals surface area contributed by atoms with E-state index in [1.807, 2.05) is 0 Å². The highest BCUT2D eigenvalue weighted by Gasteiger charge is 2.12. The largest absolute Gasteiger partial charge is 0.497 e. The Morgan fingerprint density at radius 2 is 2.19 bits per heavy atom. The number of methoxy groups -OCH3 is 1. The maximum Gasteiger partial charge on any atom is 0.182 e. The second-order valence-electron chi connectivity index (χ2n) is 4.46. The molecule has 0 saturated heterocycles. The van der Waals surface area contributed by atoms with E-state index in [1.54, 1.807) is 35.9 Å². The summed E-state index contributed by atoms with van der Waals surface area (Å²) in [7, 11) is 1.56. The smallest absolute Gasteiger partial charge is 0.182 e. The van der Waals surface area contributed by atoms with E-state index < -0.39 is 0 Å². The number of nitrogens with zero attached hydrogens (tertiary/aromatic N) is 4. The minimum atomic E-state index is -0.0645. The minimum Gasteiger partial charge on any atom is -0.497 e. The number of nitrogens with two attached hydrogens (primary N) is 1. The number of nitrogen functional groups attached to an aromatic ring is 1. The van der Waals surface area contributed by atoms with Crippen LogP contribution in [0.15, 0.2) is 36.9 Å². The van der Waals surface area contributed by atoms with Crippen LogP contribution in [0.5, 0.6) is 5.75 Å². The normalized spacial score (nSPS) is 10.7. The summed E-state index contributed by atoms with van der Waals surface area (Å²) in [6.45, 7) is 0.125. The van der Waals surface area contributed by atoms with Crippen LogP contribution < -0.4 is 10.5 Å². The van der Waals surface area contributed by atoms with Gasteiger partial charge in [-0.3, -0.25) is 4.79 Å². The fraction of sp³-hybridized carbons (Fsp3) is 0.143. The quantitative estimate of drug-likeness (QED) is 0.725. The molecule has 21 heavy (non-hydrogen) atoms. The van der Waals surface area contributed by atoms with Gasteiger partial charge in [0.1, 0.15) is 17.6 Å². The van der Waals surface area contributed by atoms with Crippen molar-refractivity contribution < 1.29 is 9.53 Å². The Morgan fingerprint density at radius 3 is 3.00 bits per heavy atom. The van der Waals surface area contributed by atoms with Crippen molar-refractivity contribution in [3.8, 4) is 5.75 Å². The summed E-state index contributed by atoms with van der Waals surface area (Å²) in [4.78, 5) is 24.4. The molecule has 0 spiro atoms. The molecule has 7 heteroatoms. The number of ketones is 1. The summed E-state index contributed by atoms with van der Waals surface area (Å²) in [5.41, 5.74) is 7.33. The molecule has 0 fully saturated rings. The van der Waals surface area contributed by atoms with Gasteiger partial charge in [0.05, 0.1) is 20.0 Å². The lowest BCUT2D eigenvalue weighted by atomic mass is 10.1. The summed E-state index contributed by atoms with van der Waals surface area (Å²) in [5.74, 6) is 0.876. The van der Waals surface area contributed by atoms with Gasteiger partial charge >= 0.3 is 0 Å². The molecule has 0 atom stereocenters. The predicted octanol–water partition coefficient (Wildman–Crippen LogP) is 1.30. The number of ether oxygens (including phenoxy) is 1. The van der Waals surface area contributed by atoms with E-state index in [9.17, 15) is 4.79 Å². The van der Waals surface area contributed by atoms with E-state index in [1.165, 1.54) is 12.7 Å². The topological polar surface area (TPSA) is 95.9 Å². The van der Waals surface area contributed by atoms with Crippen LogP contribution in [0.3, 0.4) is 0 Å². The highest BCUT2D eigenvalue weighted by molar-refractivity contribution is 5.97. The highest BCUT2D eigenvalue weighted by atomic mass is 16.5. The molecule has 0 radical (unpaired) electrons. The third kappa shape index (κ3) is 2.40. The predicted molar refractivity (Wildman–Crippen MR) is 77.1 cm³/mol. The number of carbonyl (C=O) groups excluding carboxylic acids is 1. The number of Topliss-reactive ketones (excluding diaryl/α,β-unsaturated/α-hetero) is 1. The number of hydrogen-bond donors (Lipinski definition) is 1. The summed E-state index contributed by atoms with van der Waals surface area (Å²) >= 11 is 0. The van der Waals surface area contributed by atoms with Crippen LogP contribution in [0, 0.1) is 0 Å². The van der Waals surface area contributed by atoms with Crippen molar-refractivity contribution in [3.05, 3.63) is 42.5 Å². The Labute approximate surface area is 120 Å². The van der Waals surface area contributed by atoms with E-state index in [0.29, 0.717) is 28.3 Å². The molecule has 0 bridgehead atoms. The van der Waals surface area contributed by atoms with Gasteiger partial charge in [0.25, 0.3) is 0 Å². The molecule has 3 rings (SSSR count). The van der Waals surface area contributed by atoms with Gasteiger partial charge in [-0.1, -0.05) is 12.1 Å². The van der Waals surface area contributed by atoms with Gasteiger partial charge in [-0.05, 0) is 12.1 Å². The van der Waals surface area contributed by atoms with E-state index in [-0.39, 0.29) is 12.3 Å². The van der Waals surface area contributed by atoms with Crippen LogP contribution in [0.25, 0.3) is 11.2 Å². The standard InChI is InChI=1S/C14H13N5O2/c1-21-10-4-2-3-9(5-10)11(20)6-19-8-18-12-13(15)16-7-17-14(12)19/h2-5,7-8H,6H2,1H3,(H2,15,16,17). The van der Waals surface area contributed by atoms with E-state index in [0.717, 1.165) is 0 Å². The first kappa shape index (κ1) is 13.0. The third-order valence-corrected chi connectivity index (χ3v) is 3.14. The molecule has 1 aromatic carbocycles. The molecule has 0 aliphatic rings. The van der Waals surface area contributed by atoms with Gasteiger partial charge in [-0.15, -0.1) is 0 Å². The average molecular weight is 283 g/mol. The van der Waals surface area contributed by atoms with Crippen LogP contribution in [0.1, 0.15) is 10.4 Å². The summed E-state index contributed by atoms with van der Waals surface area (Å²) in [6, 6.07) is 7.01.